The van der Waals surface area contributed by atoms with Gasteiger partial charge in [-0.15, -0.1) is 11.6 Å². The number of halogens is 3. The Morgan fingerprint density at radius 3 is 2.50 bits per heavy atom. The molecule has 2 rings (SSSR count). The average Bonchev–Trinajstić information content (AvgIpc) is 2.38. The Labute approximate surface area is 115 Å². The standard InChI is InChI=1S/C14H11Cl2FO/c1-18-13-7-6-9(8-12(13)17)14(16)10-4-2-3-5-11(10)15/h2-8,14H,1H3. The van der Waals surface area contributed by atoms with Crippen molar-refractivity contribution in [2.24, 2.45) is 0 Å². The molecule has 0 amide bonds. The first-order valence-corrected chi connectivity index (χ1v) is 6.17. The molecular formula is C14H11Cl2FO. The summed E-state index contributed by atoms with van der Waals surface area (Å²) in [5.41, 5.74) is 1.40. The second-order valence-electron chi connectivity index (χ2n) is 3.78. The van der Waals surface area contributed by atoms with E-state index < -0.39 is 11.2 Å². The number of benzene rings is 2. The van der Waals surface area contributed by atoms with Crippen molar-refractivity contribution in [1.82, 2.24) is 0 Å². The largest absolute Gasteiger partial charge is 0.494 e. The maximum absolute atomic E-state index is 13.6. The molecule has 0 aliphatic heterocycles. The molecule has 0 heterocycles. The first-order chi connectivity index (χ1) is 8.63. The molecule has 0 N–H and O–H groups in total. The van der Waals surface area contributed by atoms with E-state index in [1.54, 1.807) is 18.2 Å². The molecule has 0 radical (unpaired) electrons. The average molecular weight is 285 g/mol. The lowest BCUT2D eigenvalue weighted by Gasteiger charge is -2.13. The summed E-state index contributed by atoms with van der Waals surface area (Å²) in [7, 11) is 1.42. The Kier molecular flexibility index (Phi) is 4.10. The molecule has 4 heteroatoms. The molecule has 0 saturated carbocycles. The molecule has 0 aliphatic rings. The molecule has 1 unspecified atom stereocenters. The molecule has 0 aliphatic carbocycles. The third-order valence-electron chi connectivity index (χ3n) is 2.65. The predicted molar refractivity (Wildman–Crippen MR) is 72.1 cm³/mol. The lowest BCUT2D eigenvalue weighted by Crippen LogP contribution is -1.96. The first kappa shape index (κ1) is 13.2. The summed E-state index contributed by atoms with van der Waals surface area (Å²) in [6.45, 7) is 0. The SMILES string of the molecule is COc1ccc(C(Cl)c2ccccc2Cl)cc1F. The van der Waals surface area contributed by atoms with Gasteiger partial charge in [0.2, 0.25) is 0 Å². The van der Waals surface area contributed by atoms with Gasteiger partial charge >= 0.3 is 0 Å². The second kappa shape index (κ2) is 5.59. The van der Waals surface area contributed by atoms with Crippen molar-refractivity contribution in [3.05, 3.63) is 64.4 Å². The van der Waals surface area contributed by atoms with Crippen molar-refractivity contribution in [3.8, 4) is 5.75 Å². The molecule has 2 aromatic carbocycles. The molecule has 0 bridgehead atoms. The molecule has 1 atom stereocenters. The van der Waals surface area contributed by atoms with Gasteiger partial charge in [0.25, 0.3) is 0 Å². The first-order valence-electron chi connectivity index (χ1n) is 5.35. The topological polar surface area (TPSA) is 9.23 Å². The molecule has 0 saturated heterocycles. The van der Waals surface area contributed by atoms with Crippen LogP contribution in [-0.4, -0.2) is 7.11 Å². The fourth-order valence-electron chi connectivity index (χ4n) is 1.70. The van der Waals surface area contributed by atoms with Crippen LogP contribution in [0.15, 0.2) is 42.5 Å². The van der Waals surface area contributed by atoms with Gasteiger partial charge in [0.05, 0.1) is 12.5 Å². The highest BCUT2D eigenvalue weighted by Gasteiger charge is 2.15. The fraction of sp³-hybridized carbons (Fsp3) is 0.143. The van der Waals surface area contributed by atoms with E-state index in [2.05, 4.69) is 0 Å². The van der Waals surface area contributed by atoms with E-state index >= 15 is 0 Å². The number of alkyl halides is 1. The minimum Gasteiger partial charge on any atom is -0.494 e. The lowest BCUT2D eigenvalue weighted by atomic mass is 10.0. The molecule has 0 aromatic heterocycles. The van der Waals surface area contributed by atoms with Crippen LogP contribution in [0.1, 0.15) is 16.5 Å². The number of hydrogen-bond donors (Lipinski definition) is 0. The van der Waals surface area contributed by atoms with E-state index in [4.69, 9.17) is 27.9 Å². The molecule has 94 valence electrons. The van der Waals surface area contributed by atoms with Crippen molar-refractivity contribution < 1.29 is 9.13 Å². The normalized spacial score (nSPS) is 12.2. The van der Waals surface area contributed by atoms with Crippen molar-refractivity contribution in [3.63, 3.8) is 0 Å². The minimum atomic E-state index is -0.487. The highest BCUT2D eigenvalue weighted by atomic mass is 35.5. The third-order valence-corrected chi connectivity index (χ3v) is 3.48. The van der Waals surface area contributed by atoms with Gasteiger partial charge in [0.1, 0.15) is 0 Å². The summed E-state index contributed by atoms with van der Waals surface area (Å²) in [5, 5.41) is 0.0767. The third kappa shape index (κ3) is 2.60. The lowest BCUT2D eigenvalue weighted by molar-refractivity contribution is 0.386. The molecule has 18 heavy (non-hydrogen) atoms. The Bertz CT molecular complexity index is 557. The highest BCUT2D eigenvalue weighted by molar-refractivity contribution is 6.33. The van der Waals surface area contributed by atoms with E-state index in [9.17, 15) is 4.39 Å². The summed E-state index contributed by atoms with van der Waals surface area (Å²) >= 11 is 12.4. The van der Waals surface area contributed by atoms with Crippen LogP contribution in [0.4, 0.5) is 4.39 Å². The van der Waals surface area contributed by atoms with Crippen LogP contribution in [0.25, 0.3) is 0 Å². The second-order valence-corrected chi connectivity index (χ2v) is 4.62. The van der Waals surface area contributed by atoms with Gasteiger partial charge in [-0.05, 0) is 29.3 Å². The minimum absolute atomic E-state index is 0.196. The van der Waals surface area contributed by atoms with E-state index in [1.807, 2.05) is 18.2 Å². The Morgan fingerprint density at radius 2 is 1.89 bits per heavy atom. The number of methoxy groups -OCH3 is 1. The van der Waals surface area contributed by atoms with Crippen molar-refractivity contribution in [2.75, 3.05) is 7.11 Å². The summed E-state index contributed by atoms with van der Waals surface area (Å²) in [6.07, 6.45) is 0. The van der Waals surface area contributed by atoms with Gasteiger partial charge < -0.3 is 4.74 Å². The summed E-state index contributed by atoms with van der Waals surface area (Å²) in [6, 6.07) is 11.9. The summed E-state index contributed by atoms with van der Waals surface area (Å²) < 4.78 is 18.5. The molecule has 0 spiro atoms. The number of rotatable bonds is 3. The summed E-state index contributed by atoms with van der Waals surface area (Å²) in [4.78, 5) is 0. The smallest absolute Gasteiger partial charge is 0.165 e. The number of hydrogen-bond acceptors (Lipinski definition) is 1. The Morgan fingerprint density at radius 1 is 1.17 bits per heavy atom. The monoisotopic (exact) mass is 284 g/mol. The van der Waals surface area contributed by atoms with Crippen LogP contribution < -0.4 is 4.74 Å². The van der Waals surface area contributed by atoms with Gasteiger partial charge in [0.15, 0.2) is 11.6 Å². The Balaban J connectivity index is 2.37. The van der Waals surface area contributed by atoms with Crippen LogP contribution in [0.3, 0.4) is 0 Å². The van der Waals surface area contributed by atoms with Crippen LogP contribution in [0, 0.1) is 5.82 Å². The quantitative estimate of drug-likeness (QED) is 0.735. The molecule has 2 aromatic rings. The van der Waals surface area contributed by atoms with E-state index in [0.29, 0.717) is 10.6 Å². The number of ether oxygens (including phenoxy) is 1. The van der Waals surface area contributed by atoms with E-state index in [-0.39, 0.29) is 5.75 Å². The fourth-order valence-corrected chi connectivity index (χ4v) is 2.33. The highest BCUT2D eigenvalue weighted by Crippen LogP contribution is 2.34. The van der Waals surface area contributed by atoms with Gasteiger partial charge in [-0.2, -0.15) is 0 Å². The van der Waals surface area contributed by atoms with E-state index in [1.165, 1.54) is 13.2 Å². The van der Waals surface area contributed by atoms with Crippen molar-refractivity contribution in [2.45, 2.75) is 5.38 Å². The van der Waals surface area contributed by atoms with Crippen LogP contribution in [0.5, 0.6) is 5.75 Å². The zero-order valence-corrected chi connectivity index (χ0v) is 11.2. The molecular weight excluding hydrogens is 274 g/mol. The maximum Gasteiger partial charge on any atom is 0.165 e. The van der Waals surface area contributed by atoms with Gasteiger partial charge in [-0.25, -0.2) is 4.39 Å². The van der Waals surface area contributed by atoms with Gasteiger partial charge in [0, 0.05) is 5.02 Å². The predicted octanol–water partition coefficient (Wildman–Crippen LogP) is 4.82. The molecule has 1 nitrogen and oxygen atoms in total. The van der Waals surface area contributed by atoms with Gasteiger partial charge in [-0.3, -0.25) is 0 Å². The van der Waals surface area contributed by atoms with Crippen molar-refractivity contribution in [1.29, 1.82) is 0 Å². The van der Waals surface area contributed by atoms with Crippen LogP contribution in [0.2, 0.25) is 5.02 Å². The van der Waals surface area contributed by atoms with Crippen LogP contribution >= 0.6 is 23.2 Å². The van der Waals surface area contributed by atoms with Crippen molar-refractivity contribution >= 4 is 23.2 Å². The van der Waals surface area contributed by atoms with Gasteiger partial charge in [-0.1, -0.05) is 35.9 Å². The van der Waals surface area contributed by atoms with E-state index in [0.717, 1.165) is 5.56 Å². The zero-order chi connectivity index (χ0) is 13.1. The summed E-state index contributed by atoms with van der Waals surface area (Å²) in [5.74, 6) is -0.241. The maximum atomic E-state index is 13.6. The van der Waals surface area contributed by atoms with Crippen LogP contribution in [-0.2, 0) is 0 Å². The zero-order valence-electron chi connectivity index (χ0n) is 9.66. The molecule has 0 fully saturated rings. The Hall–Kier alpha value is -1.25.